The fraction of sp³-hybridized carbons (Fsp3) is 0.300. The molecule has 1 aromatic carbocycles. The molecule has 1 aliphatic rings. The summed E-state index contributed by atoms with van der Waals surface area (Å²) in [7, 11) is 0. The van der Waals surface area contributed by atoms with Crippen molar-refractivity contribution in [1.82, 2.24) is 4.90 Å². The van der Waals surface area contributed by atoms with Crippen LogP contribution in [-0.4, -0.2) is 24.1 Å². The molecular formula is C10H11ClN2O2. The first-order valence-electron chi connectivity index (χ1n) is 4.62. The average molecular weight is 227 g/mol. The van der Waals surface area contributed by atoms with Gasteiger partial charge in [-0.3, -0.25) is 0 Å². The normalized spacial score (nSPS) is 15.5. The number of hydrogen-bond donors (Lipinski definition) is 1. The third-order valence-electron chi connectivity index (χ3n) is 2.28. The SMILES string of the molecule is Nc1ccc(CN2CCOC2=O)c(Cl)c1. The van der Waals surface area contributed by atoms with E-state index < -0.39 is 0 Å². The fourth-order valence-corrected chi connectivity index (χ4v) is 1.72. The second kappa shape index (κ2) is 3.98. The summed E-state index contributed by atoms with van der Waals surface area (Å²) in [4.78, 5) is 12.8. The van der Waals surface area contributed by atoms with Gasteiger partial charge in [-0.05, 0) is 17.7 Å². The number of benzene rings is 1. The number of rotatable bonds is 2. The Bertz CT molecular complexity index is 395. The Morgan fingerprint density at radius 1 is 1.53 bits per heavy atom. The van der Waals surface area contributed by atoms with Gasteiger partial charge in [0.2, 0.25) is 0 Å². The Kier molecular flexibility index (Phi) is 2.68. The summed E-state index contributed by atoms with van der Waals surface area (Å²) in [5, 5.41) is 0.578. The molecule has 1 amide bonds. The molecule has 5 heteroatoms. The van der Waals surface area contributed by atoms with Crippen LogP contribution in [0.2, 0.25) is 5.02 Å². The molecule has 0 unspecified atom stereocenters. The first kappa shape index (κ1) is 10.1. The van der Waals surface area contributed by atoms with Gasteiger partial charge in [0.15, 0.2) is 0 Å². The van der Waals surface area contributed by atoms with Crippen molar-refractivity contribution in [3.63, 3.8) is 0 Å². The van der Waals surface area contributed by atoms with Crippen LogP contribution in [0.4, 0.5) is 10.5 Å². The number of carbonyl (C=O) groups excluding carboxylic acids is 1. The van der Waals surface area contributed by atoms with Gasteiger partial charge in [0.25, 0.3) is 0 Å². The number of halogens is 1. The van der Waals surface area contributed by atoms with Gasteiger partial charge in [-0.2, -0.15) is 0 Å². The average Bonchev–Trinajstić information content (AvgIpc) is 2.57. The predicted octanol–water partition coefficient (Wildman–Crippen LogP) is 1.87. The summed E-state index contributed by atoms with van der Waals surface area (Å²) < 4.78 is 4.82. The number of anilines is 1. The third kappa shape index (κ3) is 2.15. The summed E-state index contributed by atoms with van der Waals surface area (Å²) in [6.45, 7) is 1.53. The molecule has 1 heterocycles. The molecule has 0 saturated carbocycles. The van der Waals surface area contributed by atoms with Gasteiger partial charge in [0.1, 0.15) is 6.61 Å². The van der Waals surface area contributed by atoms with E-state index in [0.717, 1.165) is 5.56 Å². The number of nitrogens with two attached hydrogens (primary N) is 1. The molecule has 1 fully saturated rings. The fourth-order valence-electron chi connectivity index (χ4n) is 1.47. The van der Waals surface area contributed by atoms with Gasteiger partial charge in [0, 0.05) is 10.7 Å². The number of amides is 1. The van der Waals surface area contributed by atoms with Gasteiger partial charge in [0.05, 0.1) is 13.1 Å². The number of ether oxygens (including phenoxy) is 1. The lowest BCUT2D eigenvalue weighted by Crippen LogP contribution is -2.23. The Hall–Kier alpha value is -1.42. The summed E-state index contributed by atoms with van der Waals surface area (Å²) in [6, 6.07) is 5.27. The maximum Gasteiger partial charge on any atom is 0.410 e. The van der Waals surface area contributed by atoms with Crippen LogP contribution in [0.5, 0.6) is 0 Å². The minimum Gasteiger partial charge on any atom is -0.448 e. The summed E-state index contributed by atoms with van der Waals surface area (Å²) >= 11 is 6.00. The molecule has 15 heavy (non-hydrogen) atoms. The highest BCUT2D eigenvalue weighted by Gasteiger charge is 2.22. The number of carbonyl (C=O) groups is 1. The summed E-state index contributed by atoms with van der Waals surface area (Å²) in [5.74, 6) is 0. The molecule has 0 aliphatic carbocycles. The van der Waals surface area contributed by atoms with Crippen LogP contribution in [0.15, 0.2) is 18.2 Å². The molecule has 1 saturated heterocycles. The minimum absolute atomic E-state index is 0.289. The lowest BCUT2D eigenvalue weighted by Gasteiger charge is -2.13. The smallest absolute Gasteiger partial charge is 0.410 e. The summed E-state index contributed by atoms with van der Waals surface area (Å²) in [5.41, 5.74) is 7.07. The van der Waals surface area contributed by atoms with E-state index in [0.29, 0.717) is 30.4 Å². The summed E-state index contributed by atoms with van der Waals surface area (Å²) in [6.07, 6.45) is -0.289. The van der Waals surface area contributed by atoms with Crippen molar-refractivity contribution in [3.05, 3.63) is 28.8 Å². The predicted molar refractivity (Wildman–Crippen MR) is 57.6 cm³/mol. The van der Waals surface area contributed by atoms with Gasteiger partial charge in [-0.25, -0.2) is 4.79 Å². The molecule has 4 nitrogen and oxygen atoms in total. The Morgan fingerprint density at radius 3 is 2.93 bits per heavy atom. The molecule has 0 atom stereocenters. The van der Waals surface area contributed by atoms with E-state index in [1.54, 1.807) is 17.0 Å². The van der Waals surface area contributed by atoms with Crippen molar-refractivity contribution < 1.29 is 9.53 Å². The van der Waals surface area contributed by atoms with E-state index in [1.807, 2.05) is 6.07 Å². The van der Waals surface area contributed by atoms with Gasteiger partial charge < -0.3 is 15.4 Å². The maximum absolute atomic E-state index is 11.2. The van der Waals surface area contributed by atoms with Crippen LogP contribution in [0.3, 0.4) is 0 Å². The Labute approximate surface area is 92.6 Å². The van der Waals surface area contributed by atoms with Crippen molar-refractivity contribution in [2.45, 2.75) is 6.54 Å². The monoisotopic (exact) mass is 226 g/mol. The van der Waals surface area contributed by atoms with Crippen molar-refractivity contribution in [1.29, 1.82) is 0 Å². The molecule has 1 aliphatic heterocycles. The molecular weight excluding hydrogens is 216 g/mol. The first-order chi connectivity index (χ1) is 7.16. The quantitative estimate of drug-likeness (QED) is 0.784. The zero-order chi connectivity index (χ0) is 10.8. The van der Waals surface area contributed by atoms with E-state index in [1.165, 1.54) is 0 Å². The maximum atomic E-state index is 11.2. The van der Waals surface area contributed by atoms with E-state index in [9.17, 15) is 4.79 Å². The number of hydrogen-bond acceptors (Lipinski definition) is 3. The highest BCUT2D eigenvalue weighted by Crippen LogP contribution is 2.21. The zero-order valence-corrected chi connectivity index (χ0v) is 8.83. The van der Waals surface area contributed by atoms with Gasteiger partial charge in [-0.1, -0.05) is 17.7 Å². The van der Waals surface area contributed by atoms with E-state index >= 15 is 0 Å². The number of nitrogens with zero attached hydrogens (tertiary/aromatic N) is 1. The molecule has 0 bridgehead atoms. The van der Waals surface area contributed by atoms with Crippen molar-refractivity contribution in [3.8, 4) is 0 Å². The van der Waals surface area contributed by atoms with Crippen molar-refractivity contribution in [2.75, 3.05) is 18.9 Å². The molecule has 80 valence electrons. The molecule has 0 radical (unpaired) electrons. The number of cyclic esters (lactones) is 1. The molecule has 0 aromatic heterocycles. The van der Waals surface area contributed by atoms with Gasteiger partial charge >= 0.3 is 6.09 Å². The van der Waals surface area contributed by atoms with E-state index in [2.05, 4.69) is 0 Å². The van der Waals surface area contributed by atoms with Crippen LogP contribution in [0.1, 0.15) is 5.56 Å². The van der Waals surface area contributed by atoms with Gasteiger partial charge in [-0.15, -0.1) is 0 Å². The van der Waals surface area contributed by atoms with Crippen molar-refractivity contribution >= 4 is 23.4 Å². The highest BCUT2D eigenvalue weighted by atomic mass is 35.5. The van der Waals surface area contributed by atoms with Crippen LogP contribution >= 0.6 is 11.6 Å². The Balaban J connectivity index is 2.13. The minimum atomic E-state index is -0.289. The topological polar surface area (TPSA) is 55.6 Å². The Morgan fingerprint density at radius 2 is 2.33 bits per heavy atom. The largest absolute Gasteiger partial charge is 0.448 e. The van der Waals surface area contributed by atoms with Crippen LogP contribution in [-0.2, 0) is 11.3 Å². The third-order valence-corrected chi connectivity index (χ3v) is 2.64. The zero-order valence-electron chi connectivity index (χ0n) is 8.07. The first-order valence-corrected chi connectivity index (χ1v) is 5.00. The molecule has 0 spiro atoms. The lowest BCUT2D eigenvalue weighted by molar-refractivity contribution is 0.157. The van der Waals surface area contributed by atoms with Crippen molar-refractivity contribution in [2.24, 2.45) is 0 Å². The van der Waals surface area contributed by atoms with Crippen LogP contribution in [0, 0.1) is 0 Å². The molecule has 2 N–H and O–H groups in total. The van der Waals surface area contributed by atoms with Crippen LogP contribution < -0.4 is 5.73 Å². The molecule has 1 aromatic rings. The van der Waals surface area contributed by atoms with Crippen LogP contribution in [0.25, 0.3) is 0 Å². The van der Waals surface area contributed by atoms with E-state index in [4.69, 9.17) is 22.1 Å². The highest BCUT2D eigenvalue weighted by molar-refractivity contribution is 6.31. The molecule has 2 rings (SSSR count). The van der Waals surface area contributed by atoms with E-state index in [-0.39, 0.29) is 6.09 Å². The standard InChI is InChI=1S/C10H11ClN2O2/c11-9-5-8(12)2-1-7(9)6-13-3-4-15-10(13)14/h1-2,5H,3-4,6,12H2. The number of nitrogen functional groups attached to an aromatic ring is 1. The second-order valence-electron chi connectivity index (χ2n) is 3.39. The lowest BCUT2D eigenvalue weighted by atomic mass is 10.2. The second-order valence-corrected chi connectivity index (χ2v) is 3.79.